The van der Waals surface area contributed by atoms with Crippen LogP contribution in [0.3, 0.4) is 0 Å². The summed E-state index contributed by atoms with van der Waals surface area (Å²) in [5.74, 6) is 1.73. The van der Waals surface area contributed by atoms with Gasteiger partial charge in [-0.3, -0.25) is 4.79 Å². The number of aromatic nitrogens is 4. The van der Waals surface area contributed by atoms with Gasteiger partial charge in [-0.15, -0.1) is 0 Å². The minimum atomic E-state index is -1.02. The summed E-state index contributed by atoms with van der Waals surface area (Å²) in [4.78, 5) is 62.3. The zero-order chi connectivity index (χ0) is 88.6. The third-order valence-corrected chi connectivity index (χ3v) is 19.8. The lowest BCUT2D eigenvalue weighted by atomic mass is 10.1. The van der Waals surface area contributed by atoms with Crippen LogP contribution in [0, 0.1) is 0 Å². The lowest BCUT2D eigenvalue weighted by Gasteiger charge is -2.15. The predicted octanol–water partition coefficient (Wildman–Crippen LogP) is 24.8. The first-order valence-electron chi connectivity index (χ1n) is 40.3. The maximum absolute atomic E-state index is 11.1. The number of rotatable bonds is 33. The average molecular weight is 1780 g/mol. The number of nitrogens with zero attached hydrogens (tertiary/aromatic N) is 4. The number of carbonyl (C=O) groups is 4. The summed E-state index contributed by atoms with van der Waals surface area (Å²) in [6.45, 7) is 4.39. The van der Waals surface area contributed by atoms with Crippen LogP contribution in [0.15, 0.2) is 328 Å². The maximum Gasteiger partial charge on any atom is 0.344 e. The summed E-state index contributed by atoms with van der Waals surface area (Å²) in [7, 11) is 0. The van der Waals surface area contributed by atoms with Crippen LogP contribution in [0.25, 0.3) is 67.9 Å². The van der Waals surface area contributed by atoms with Gasteiger partial charge in [0.15, 0.2) is 18.8 Å². The molecule has 21 nitrogen and oxygen atoms in total. The van der Waals surface area contributed by atoms with Gasteiger partial charge >= 0.3 is 23.9 Å². The molecule has 0 aliphatic heterocycles. The van der Waals surface area contributed by atoms with Crippen LogP contribution in [0.4, 0.5) is 0 Å². The highest BCUT2D eigenvalue weighted by molar-refractivity contribution is 6.31. The second-order valence-corrected chi connectivity index (χ2v) is 29.5. The molecule has 0 saturated carbocycles. The molecule has 0 saturated heterocycles. The number of aliphatic carboxylic acids is 4. The van der Waals surface area contributed by atoms with E-state index in [-0.39, 0.29) is 48.5 Å². The van der Waals surface area contributed by atoms with Gasteiger partial charge in [0.05, 0.1) is 51.3 Å². The highest BCUT2D eigenvalue weighted by atomic mass is 35.5. The molecule has 16 aromatic rings. The van der Waals surface area contributed by atoms with Crippen molar-refractivity contribution in [2.75, 3.05) is 6.61 Å². The van der Waals surface area contributed by atoms with Gasteiger partial charge in [-0.05, 0) is 200 Å². The van der Waals surface area contributed by atoms with Crippen LogP contribution < -0.4 is 42.6 Å². The highest BCUT2D eigenvalue weighted by Gasteiger charge is 2.18. The van der Waals surface area contributed by atoms with Crippen LogP contribution in [0.2, 0.25) is 10.0 Å². The van der Waals surface area contributed by atoms with Gasteiger partial charge in [-0.25, -0.2) is 34.3 Å². The first kappa shape index (κ1) is 96.6. The van der Waals surface area contributed by atoms with Crippen molar-refractivity contribution in [1.29, 1.82) is 0 Å². The first-order chi connectivity index (χ1) is 61.8. The second-order valence-electron chi connectivity index (χ2n) is 28.7. The topological polar surface area (TPSA) is 284 Å². The van der Waals surface area contributed by atoms with Crippen molar-refractivity contribution >= 4 is 115 Å². The molecule has 4 N–H and O–H groups in total. The number of halogens is 2. The van der Waals surface area contributed by atoms with Gasteiger partial charge in [0.1, 0.15) is 91.4 Å². The third kappa shape index (κ3) is 29.5. The van der Waals surface area contributed by atoms with Gasteiger partial charge in [-0.2, -0.15) is 0 Å². The molecule has 23 heteroatoms. The standard InChI is InChI=1S/C27H22ClNO4.C26H22ClNO5.C26H21NO3.C25H21NO5.3CH4/c1-18(27(30)31)33-26-5-3-2-4-21(26)17-32-24-14-7-19(8-15-24)6-12-23-13-10-20-9-11-22(28)16-25(20)29-23;1-17(26(29)30)33-25-5-3-2-4-19(25)15-31-22-10-12-23(13-11-22)32-16-21-9-7-18-6-8-20(27)14-24(18)28-21;28-26(29)17-21-6-1-2-7-22(21)18-30-24-15-10-19(11-16-24)9-13-23-14-12-20-5-3-4-8-25(20)27-23;27-25(28)17-31-24-8-4-2-6-19(24)15-29-21-11-13-22(14-12-21)30-16-20-10-9-18-5-1-3-7-23(18)26-20;;;/h2-16,18H,17H2,1H3,(H,30,31);2-14,17H,15-16H2,1H3,(H,29,30);1-16H,17-18H2,(H,28,29);1-14H,15-17H2,(H,27,28);3*1H4/b12-6+;;13-9+;;;;. The number of carboxylic acids is 4. The minimum Gasteiger partial charge on any atom is -0.489 e. The monoisotopic (exact) mass is 1780 g/mol. The number of fused-ring (bicyclic) bond motifs is 4. The third-order valence-electron chi connectivity index (χ3n) is 19.3. The average Bonchev–Trinajstić information content (AvgIpc) is 0.828. The molecule has 0 fully saturated rings. The van der Waals surface area contributed by atoms with Crippen molar-refractivity contribution in [3.05, 3.63) is 399 Å². The van der Waals surface area contributed by atoms with Crippen LogP contribution in [-0.4, -0.2) is 83.1 Å². The van der Waals surface area contributed by atoms with Crippen LogP contribution in [0.5, 0.6) is 51.7 Å². The van der Waals surface area contributed by atoms with E-state index in [0.717, 1.165) is 111 Å². The van der Waals surface area contributed by atoms with E-state index >= 15 is 0 Å². The van der Waals surface area contributed by atoms with Crippen LogP contribution >= 0.6 is 23.2 Å². The van der Waals surface area contributed by atoms with Gasteiger partial charge in [0.25, 0.3) is 0 Å². The summed E-state index contributed by atoms with van der Waals surface area (Å²) < 4.78 is 51.4. The molecular formula is C107H98Cl2N4O17. The molecule has 0 radical (unpaired) electrons. The van der Waals surface area contributed by atoms with E-state index in [2.05, 4.69) is 32.1 Å². The predicted molar refractivity (Wildman–Crippen MR) is 512 cm³/mol. The fourth-order valence-corrected chi connectivity index (χ4v) is 12.9. The molecule has 16 rings (SSSR count). The van der Waals surface area contributed by atoms with E-state index in [4.69, 9.17) is 86.3 Å². The normalized spacial score (nSPS) is 11.1. The molecule has 0 spiro atoms. The summed E-state index contributed by atoms with van der Waals surface area (Å²) in [5, 5.41) is 41.6. The van der Waals surface area contributed by atoms with E-state index < -0.39 is 42.7 Å². The van der Waals surface area contributed by atoms with Gasteiger partial charge in [0, 0.05) is 48.3 Å². The van der Waals surface area contributed by atoms with Crippen molar-refractivity contribution in [2.45, 2.75) is 94.4 Å². The molecule has 130 heavy (non-hydrogen) atoms. The van der Waals surface area contributed by atoms with E-state index in [0.29, 0.717) is 75.9 Å². The molecule has 0 amide bonds. The van der Waals surface area contributed by atoms with Crippen LogP contribution in [0.1, 0.15) is 97.8 Å². The number of benzene rings is 12. The molecule has 0 aliphatic carbocycles. The van der Waals surface area contributed by atoms with E-state index in [1.54, 1.807) is 36.4 Å². The fourth-order valence-electron chi connectivity index (χ4n) is 12.6. The Bertz CT molecular complexity index is 6500. The maximum atomic E-state index is 11.1. The molecule has 662 valence electrons. The summed E-state index contributed by atoms with van der Waals surface area (Å²) >= 11 is 12.1. The van der Waals surface area contributed by atoms with E-state index in [1.807, 2.05) is 303 Å². The quantitative estimate of drug-likeness (QED) is 0.0297. The Hall–Kier alpha value is -15.6. The van der Waals surface area contributed by atoms with Crippen molar-refractivity contribution in [1.82, 2.24) is 19.9 Å². The second kappa shape index (κ2) is 48.8. The minimum absolute atomic E-state index is 0. The molecule has 2 unspecified atom stereocenters. The lowest BCUT2D eigenvalue weighted by molar-refractivity contribution is -0.145. The Morgan fingerprint density at radius 3 is 1.02 bits per heavy atom. The van der Waals surface area contributed by atoms with E-state index in [1.165, 1.54) is 13.8 Å². The molecule has 0 aliphatic rings. The molecular weight excluding hydrogens is 1680 g/mol. The highest BCUT2D eigenvalue weighted by Crippen LogP contribution is 2.30. The number of hydrogen-bond acceptors (Lipinski definition) is 17. The SMILES string of the molecule is C.C.C.CC(Oc1ccccc1COc1ccc(/C=C/c2ccc3ccc(Cl)cc3n2)cc1)C(=O)O.CC(Oc1ccccc1COc1ccc(OCc2ccc3ccc(Cl)cc3n2)cc1)C(=O)O.O=C(O)COc1ccccc1COc1ccc(OCc2ccc3ccccc3n2)cc1.O=C(O)Cc1ccccc1COc1ccc(/C=C/c2ccc3ccccc3n2)cc1. The van der Waals surface area contributed by atoms with E-state index in [9.17, 15) is 19.2 Å². The van der Waals surface area contributed by atoms with Crippen molar-refractivity contribution in [2.24, 2.45) is 0 Å². The summed E-state index contributed by atoms with van der Waals surface area (Å²) in [6, 6.07) is 102. The Labute approximate surface area is 764 Å². The molecule has 4 heterocycles. The molecule has 2 atom stereocenters. The Kier molecular flexibility index (Phi) is 36.3. The first-order valence-corrected chi connectivity index (χ1v) is 41.1. The molecule has 4 aromatic heterocycles. The number of ether oxygens (including phenoxy) is 9. The zero-order valence-corrected chi connectivity index (χ0v) is 70.5. The zero-order valence-electron chi connectivity index (χ0n) is 68.9. The number of carboxylic acid groups (broad SMARTS) is 4. The van der Waals surface area contributed by atoms with Gasteiger partial charge in [-0.1, -0.05) is 234 Å². The number of hydrogen-bond donors (Lipinski definition) is 4. The number of para-hydroxylation sites is 5. The fraction of sp³-hybridized carbons (Fsp3) is 0.140. The molecule has 0 bridgehead atoms. The van der Waals surface area contributed by atoms with Gasteiger partial charge < -0.3 is 63.1 Å². The van der Waals surface area contributed by atoms with Crippen molar-refractivity contribution < 1.29 is 82.2 Å². The van der Waals surface area contributed by atoms with Crippen LogP contribution in [-0.2, 0) is 65.2 Å². The Morgan fingerprint density at radius 1 is 0.300 bits per heavy atom. The van der Waals surface area contributed by atoms with Crippen molar-refractivity contribution in [3.63, 3.8) is 0 Å². The Morgan fingerprint density at radius 2 is 0.608 bits per heavy atom. The summed E-state index contributed by atoms with van der Waals surface area (Å²) in [5.41, 5.74) is 13.0. The number of pyridine rings is 4. The lowest BCUT2D eigenvalue weighted by Crippen LogP contribution is -2.23. The Balaban J connectivity index is 0.000000179. The summed E-state index contributed by atoms with van der Waals surface area (Å²) in [6.07, 6.45) is 6.05. The smallest absolute Gasteiger partial charge is 0.344 e. The van der Waals surface area contributed by atoms with Gasteiger partial charge in [0.2, 0.25) is 0 Å². The molecule has 12 aromatic carbocycles. The largest absolute Gasteiger partial charge is 0.489 e. The van der Waals surface area contributed by atoms with Crippen molar-refractivity contribution in [3.8, 4) is 51.7 Å².